The van der Waals surface area contributed by atoms with Crippen molar-refractivity contribution in [1.82, 2.24) is 5.32 Å². The fraction of sp³-hybridized carbons (Fsp3) is 0.381. The number of ether oxygens (including phenoxy) is 3. The van der Waals surface area contributed by atoms with Crippen LogP contribution in [0.1, 0.15) is 33.6 Å². The largest absolute Gasteiger partial charge is 0.497 e. The predicted octanol–water partition coefficient (Wildman–Crippen LogP) is 2.75. The highest BCUT2D eigenvalue weighted by Crippen LogP contribution is 2.40. The van der Waals surface area contributed by atoms with Crippen molar-refractivity contribution in [2.24, 2.45) is 0 Å². The number of esters is 2. The molecule has 1 aromatic carbocycles. The molecule has 1 N–H and O–H groups in total. The van der Waals surface area contributed by atoms with Gasteiger partial charge in [-0.1, -0.05) is 0 Å². The number of carbonyl (C=O) groups is 3. The van der Waals surface area contributed by atoms with E-state index in [1.165, 1.54) is 24.0 Å². The SMILES string of the molecule is COC(=O)CCCNC(=O)COC(=O)c1cc2c(s1)-c1ccc(OC)cc1CC2. The normalized spacial score (nSPS) is 11.8. The van der Waals surface area contributed by atoms with Gasteiger partial charge in [0.15, 0.2) is 6.61 Å². The van der Waals surface area contributed by atoms with Gasteiger partial charge in [-0.3, -0.25) is 9.59 Å². The van der Waals surface area contributed by atoms with Crippen LogP contribution in [0.2, 0.25) is 0 Å². The first-order chi connectivity index (χ1) is 14.0. The van der Waals surface area contributed by atoms with Crippen LogP contribution in [0.3, 0.4) is 0 Å². The predicted molar refractivity (Wildman–Crippen MR) is 108 cm³/mol. The summed E-state index contributed by atoms with van der Waals surface area (Å²) in [5.41, 5.74) is 3.43. The van der Waals surface area contributed by atoms with Crippen molar-refractivity contribution in [1.29, 1.82) is 0 Å². The average Bonchev–Trinajstić information content (AvgIpc) is 3.19. The Bertz CT molecular complexity index is 920. The third-order valence-corrected chi connectivity index (χ3v) is 5.86. The Labute approximate surface area is 173 Å². The second kappa shape index (κ2) is 9.56. The Morgan fingerprint density at radius 3 is 2.66 bits per heavy atom. The number of aryl methyl sites for hydroxylation is 2. The minimum atomic E-state index is -0.510. The molecule has 0 unspecified atom stereocenters. The van der Waals surface area contributed by atoms with Gasteiger partial charge in [-0.15, -0.1) is 11.3 Å². The zero-order valence-electron chi connectivity index (χ0n) is 16.4. The van der Waals surface area contributed by atoms with Crippen molar-refractivity contribution in [3.63, 3.8) is 0 Å². The monoisotopic (exact) mass is 417 g/mol. The summed E-state index contributed by atoms with van der Waals surface area (Å²) in [6.45, 7) is -0.0353. The first-order valence-corrected chi connectivity index (χ1v) is 10.1. The Kier molecular flexibility index (Phi) is 6.87. The molecular formula is C21H23NO6S. The lowest BCUT2D eigenvalue weighted by atomic mass is 9.91. The minimum Gasteiger partial charge on any atom is -0.497 e. The van der Waals surface area contributed by atoms with E-state index in [-0.39, 0.29) is 19.0 Å². The summed E-state index contributed by atoms with van der Waals surface area (Å²) in [5, 5.41) is 2.61. The van der Waals surface area contributed by atoms with Gasteiger partial charge in [-0.25, -0.2) is 4.79 Å². The molecule has 2 aromatic rings. The molecule has 0 radical (unpaired) electrons. The molecule has 0 saturated heterocycles. The van der Waals surface area contributed by atoms with Gasteiger partial charge in [-0.2, -0.15) is 0 Å². The van der Waals surface area contributed by atoms with Crippen LogP contribution in [0.15, 0.2) is 24.3 Å². The van der Waals surface area contributed by atoms with Crippen LogP contribution in [0.25, 0.3) is 10.4 Å². The molecule has 0 atom stereocenters. The van der Waals surface area contributed by atoms with Crippen LogP contribution in [-0.2, 0) is 31.9 Å². The van der Waals surface area contributed by atoms with E-state index < -0.39 is 11.9 Å². The molecule has 1 amide bonds. The maximum atomic E-state index is 12.4. The van der Waals surface area contributed by atoms with Gasteiger partial charge in [-0.05, 0) is 60.2 Å². The van der Waals surface area contributed by atoms with Crippen LogP contribution in [0, 0.1) is 0 Å². The molecule has 0 fully saturated rings. The van der Waals surface area contributed by atoms with Crippen molar-refractivity contribution in [2.75, 3.05) is 27.4 Å². The summed E-state index contributed by atoms with van der Waals surface area (Å²) in [7, 11) is 2.96. The van der Waals surface area contributed by atoms with Gasteiger partial charge in [0.2, 0.25) is 0 Å². The van der Waals surface area contributed by atoms with Crippen molar-refractivity contribution in [3.8, 4) is 16.2 Å². The van der Waals surface area contributed by atoms with Gasteiger partial charge in [0.05, 0.1) is 14.2 Å². The lowest BCUT2D eigenvalue weighted by Gasteiger charge is -2.16. The number of fused-ring (bicyclic) bond motifs is 3. The van der Waals surface area contributed by atoms with E-state index in [9.17, 15) is 14.4 Å². The second-order valence-corrected chi connectivity index (χ2v) is 7.65. The van der Waals surface area contributed by atoms with Crippen molar-refractivity contribution < 1.29 is 28.6 Å². The van der Waals surface area contributed by atoms with Gasteiger partial charge in [0.1, 0.15) is 10.6 Å². The molecule has 1 aliphatic rings. The molecule has 154 valence electrons. The van der Waals surface area contributed by atoms with E-state index in [0.717, 1.165) is 34.6 Å². The number of amides is 1. The summed E-state index contributed by atoms with van der Waals surface area (Å²) in [6, 6.07) is 7.81. The fourth-order valence-corrected chi connectivity index (χ4v) is 4.32. The Morgan fingerprint density at radius 2 is 1.90 bits per heavy atom. The molecule has 0 aliphatic heterocycles. The number of hydrogen-bond acceptors (Lipinski definition) is 7. The zero-order chi connectivity index (χ0) is 20.8. The van der Waals surface area contributed by atoms with Crippen molar-refractivity contribution in [2.45, 2.75) is 25.7 Å². The average molecular weight is 417 g/mol. The molecule has 3 rings (SSSR count). The summed E-state index contributed by atoms with van der Waals surface area (Å²) < 4.78 is 15.0. The van der Waals surface area contributed by atoms with E-state index in [2.05, 4.69) is 10.1 Å². The quantitative estimate of drug-likeness (QED) is 0.525. The van der Waals surface area contributed by atoms with Gasteiger partial charge in [0, 0.05) is 17.8 Å². The van der Waals surface area contributed by atoms with E-state index in [0.29, 0.717) is 17.8 Å². The van der Waals surface area contributed by atoms with Crippen LogP contribution in [0.4, 0.5) is 0 Å². The summed E-state index contributed by atoms with van der Waals surface area (Å²) in [4.78, 5) is 36.7. The van der Waals surface area contributed by atoms with Crippen molar-refractivity contribution >= 4 is 29.2 Å². The topological polar surface area (TPSA) is 90.9 Å². The lowest BCUT2D eigenvalue weighted by Crippen LogP contribution is -2.29. The highest BCUT2D eigenvalue weighted by Gasteiger charge is 2.23. The van der Waals surface area contributed by atoms with Crippen LogP contribution >= 0.6 is 11.3 Å². The van der Waals surface area contributed by atoms with E-state index >= 15 is 0 Å². The first kappa shape index (κ1) is 20.9. The Balaban J connectivity index is 1.54. The van der Waals surface area contributed by atoms with E-state index in [1.807, 2.05) is 24.3 Å². The van der Waals surface area contributed by atoms with Gasteiger partial charge < -0.3 is 19.5 Å². The summed E-state index contributed by atoms with van der Waals surface area (Å²) in [6.07, 6.45) is 2.43. The Hall–Kier alpha value is -2.87. The molecule has 29 heavy (non-hydrogen) atoms. The third kappa shape index (κ3) is 5.14. The van der Waals surface area contributed by atoms with Crippen LogP contribution < -0.4 is 10.1 Å². The zero-order valence-corrected chi connectivity index (χ0v) is 17.2. The molecular weight excluding hydrogens is 394 g/mol. The molecule has 7 nitrogen and oxygen atoms in total. The number of thiophene rings is 1. The van der Waals surface area contributed by atoms with Crippen LogP contribution in [-0.4, -0.2) is 45.2 Å². The minimum absolute atomic E-state index is 0.227. The molecule has 0 saturated carbocycles. The first-order valence-electron chi connectivity index (χ1n) is 9.32. The molecule has 8 heteroatoms. The third-order valence-electron chi connectivity index (χ3n) is 4.67. The standard InChI is InChI=1S/C21H23NO6S/c1-26-15-7-8-16-13(10-15)5-6-14-11-17(29-20(14)16)21(25)28-12-18(23)22-9-3-4-19(24)27-2/h7-8,10-11H,3-6,9,12H2,1-2H3,(H,22,23). The molecule has 1 heterocycles. The summed E-state index contributed by atoms with van der Waals surface area (Å²) in [5.74, 6) is -0.417. The highest BCUT2D eigenvalue weighted by molar-refractivity contribution is 7.17. The smallest absolute Gasteiger partial charge is 0.348 e. The van der Waals surface area contributed by atoms with Crippen LogP contribution in [0.5, 0.6) is 5.75 Å². The maximum Gasteiger partial charge on any atom is 0.348 e. The van der Waals surface area contributed by atoms with E-state index in [1.54, 1.807) is 7.11 Å². The molecule has 1 aromatic heterocycles. The number of rotatable bonds is 8. The fourth-order valence-electron chi connectivity index (χ4n) is 3.15. The number of carbonyl (C=O) groups excluding carboxylic acids is 3. The lowest BCUT2D eigenvalue weighted by molar-refractivity contribution is -0.140. The van der Waals surface area contributed by atoms with Gasteiger partial charge >= 0.3 is 11.9 Å². The van der Waals surface area contributed by atoms with Gasteiger partial charge in [0.25, 0.3) is 5.91 Å². The number of methoxy groups -OCH3 is 2. The second-order valence-electron chi connectivity index (χ2n) is 6.59. The highest BCUT2D eigenvalue weighted by atomic mass is 32.1. The van der Waals surface area contributed by atoms with Crippen molar-refractivity contribution in [3.05, 3.63) is 40.3 Å². The number of nitrogens with one attached hydrogen (secondary N) is 1. The summed E-state index contributed by atoms with van der Waals surface area (Å²) >= 11 is 1.38. The van der Waals surface area contributed by atoms with E-state index in [4.69, 9.17) is 9.47 Å². The number of hydrogen-bond donors (Lipinski definition) is 1. The Morgan fingerprint density at radius 1 is 1.10 bits per heavy atom. The number of benzene rings is 1. The molecule has 1 aliphatic carbocycles. The maximum absolute atomic E-state index is 12.4. The molecule has 0 spiro atoms. The molecule has 0 bridgehead atoms.